The van der Waals surface area contributed by atoms with Crippen molar-refractivity contribution in [2.24, 2.45) is 0 Å². The molecule has 1 aliphatic carbocycles. The molecular formula is C24H18N6S. The minimum Gasteiger partial charge on any atom is -0.397 e. The molecule has 4 aromatic heterocycles. The maximum absolute atomic E-state index is 5.95. The summed E-state index contributed by atoms with van der Waals surface area (Å²) in [5, 5.41) is 14.0. The molecule has 0 amide bonds. The standard InChI is InChI=1S/C24H18N6S/c25-17-9-16(11-26-12-17)14-3-1-5-20-19(10-14)23(30-29-20)24-27-21-6-2-4-18(22(21)28-24)15-7-8-31-13-15/h2-13,29H,1,25H2,(H,27,28). The number of pyridine rings is 1. The van der Waals surface area contributed by atoms with E-state index < -0.39 is 0 Å². The van der Waals surface area contributed by atoms with Crippen LogP contribution < -0.4 is 16.3 Å². The zero-order chi connectivity index (χ0) is 20.8. The van der Waals surface area contributed by atoms with Gasteiger partial charge in [0, 0.05) is 28.7 Å². The van der Waals surface area contributed by atoms with Gasteiger partial charge in [-0.3, -0.25) is 10.1 Å². The predicted octanol–water partition coefficient (Wildman–Crippen LogP) is 3.71. The van der Waals surface area contributed by atoms with E-state index in [1.807, 2.05) is 18.3 Å². The molecule has 4 N–H and O–H groups in total. The second kappa shape index (κ2) is 7.07. The molecule has 150 valence electrons. The topological polar surface area (TPSA) is 96.3 Å². The molecule has 0 saturated carbocycles. The molecule has 1 aliphatic rings. The first kappa shape index (κ1) is 17.9. The second-order valence-electron chi connectivity index (χ2n) is 7.45. The van der Waals surface area contributed by atoms with Crippen molar-refractivity contribution in [1.82, 2.24) is 25.1 Å². The van der Waals surface area contributed by atoms with E-state index in [1.54, 1.807) is 17.5 Å². The molecule has 0 spiro atoms. The summed E-state index contributed by atoms with van der Waals surface area (Å²) in [6.45, 7) is 0. The fraction of sp³-hybridized carbons (Fsp3) is 0.0417. The fourth-order valence-corrected chi connectivity index (χ4v) is 4.63. The highest BCUT2D eigenvalue weighted by molar-refractivity contribution is 7.08. The summed E-state index contributed by atoms with van der Waals surface area (Å²) in [7, 11) is 0. The van der Waals surface area contributed by atoms with Crippen LogP contribution in [0, 0.1) is 0 Å². The van der Waals surface area contributed by atoms with Crippen molar-refractivity contribution in [3.8, 4) is 22.6 Å². The maximum Gasteiger partial charge on any atom is 0.159 e. The number of aromatic amines is 2. The van der Waals surface area contributed by atoms with E-state index in [1.165, 1.54) is 5.56 Å². The van der Waals surface area contributed by atoms with Crippen LogP contribution in [0.2, 0.25) is 0 Å². The number of hydrogen-bond donors (Lipinski definition) is 3. The van der Waals surface area contributed by atoms with Crippen molar-refractivity contribution in [1.29, 1.82) is 0 Å². The Labute approximate surface area is 181 Å². The number of hydrogen-bond acceptors (Lipinski definition) is 5. The van der Waals surface area contributed by atoms with Crippen LogP contribution in [0.15, 0.2) is 59.6 Å². The van der Waals surface area contributed by atoms with Crippen molar-refractivity contribution in [2.45, 2.75) is 6.42 Å². The molecule has 5 aromatic rings. The van der Waals surface area contributed by atoms with E-state index in [-0.39, 0.29) is 0 Å². The average Bonchev–Trinajstić information content (AvgIpc) is 3.50. The number of nitrogen functional groups attached to an aromatic ring is 1. The van der Waals surface area contributed by atoms with E-state index in [4.69, 9.17) is 10.7 Å². The Kier molecular flexibility index (Phi) is 4.07. The lowest BCUT2D eigenvalue weighted by Gasteiger charge is -2.02. The number of nitrogens with zero attached hydrogens (tertiary/aromatic N) is 3. The highest BCUT2D eigenvalue weighted by Crippen LogP contribution is 2.30. The van der Waals surface area contributed by atoms with Crippen LogP contribution in [-0.2, 0) is 0 Å². The zero-order valence-corrected chi connectivity index (χ0v) is 17.3. The number of rotatable bonds is 3. The van der Waals surface area contributed by atoms with Gasteiger partial charge >= 0.3 is 0 Å². The van der Waals surface area contributed by atoms with Crippen molar-refractivity contribution in [3.05, 3.63) is 75.7 Å². The van der Waals surface area contributed by atoms with Crippen LogP contribution in [0.4, 0.5) is 5.69 Å². The summed E-state index contributed by atoms with van der Waals surface area (Å²) < 4.78 is 0. The summed E-state index contributed by atoms with van der Waals surface area (Å²) in [6, 6.07) is 10.3. The monoisotopic (exact) mass is 422 g/mol. The number of nitrogens with one attached hydrogen (secondary N) is 2. The molecule has 1 aromatic carbocycles. The molecule has 4 heterocycles. The summed E-state index contributed by atoms with van der Waals surface area (Å²) in [4.78, 5) is 12.6. The van der Waals surface area contributed by atoms with Crippen LogP contribution in [0.25, 0.3) is 51.4 Å². The average molecular weight is 423 g/mol. The first-order valence-electron chi connectivity index (χ1n) is 9.95. The van der Waals surface area contributed by atoms with Gasteiger partial charge < -0.3 is 10.7 Å². The fourth-order valence-electron chi connectivity index (χ4n) is 3.98. The van der Waals surface area contributed by atoms with Gasteiger partial charge in [-0.1, -0.05) is 24.3 Å². The van der Waals surface area contributed by atoms with Crippen LogP contribution in [0.3, 0.4) is 0 Å². The van der Waals surface area contributed by atoms with E-state index >= 15 is 0 Å². The Balaban J connectivity index is 1.53. The Bertz CT molecular complexity index is 1570. The molecule has 0 fully saturated rings. The number of allylic oxidation sites excluding steroid dienone is 2. The SMILES string of the molecule is Nc1cncc(C2=CCC=c3[nH]nc(-c4nc5c(-c6ccsc6)cccc5[nH]4)c3=C2)c1. The molecular weight excluding hydrogens is 404 g/mol. The lowest BCUT2D eigenvalue weighted by molar-refractivity contribution is 1.05. The molecule has 0 unspecified atom stereocenters. The first-order valence-corrected chi connectivity index (χ1v) is 10.9. The lowest BCUT2D eigenvalue weighted by atomic mass is 10.1. The van der Waals surface area contributed by atoms with Crippen LogP contribution >= 0.6 is 11.3 Å². The lowest BCUT2D eigenvalue weighted by Crippen LogP contribution is -2.23. The molecule has 6 rings (SSSR count). The van der Waals surface area contributed by atoms with Gasteiger partial charge in [-0.15, -0.1) is 0 Å². The number of H-pyrrole nitrogens is 2. The zero-order valence-electron chi connectivity index (χ0n) is 16.5. The van der Waals surface area contributed by atoms with Gasteiger partial charge in [0.25, 0.3) is 0 Å². The third kappa shape index (κ3) is 3.06. The number of anilines is 1. The Morgan fingerprint density at radius 2 is 2.03 bits per heavy atom. The molecule has 0 radical (unpaired) electrons. The van der Waals surface area contributed by atoms with Gasteiger partial charge in [0.1, 0.15) is 5.69 Å². The van der Waals surface area contributed by atoms with Gasteiger partial charge in [0.2, 0.25) is 0 Å². The Morgan fingerprint density at radius 1 is 1.06 bits per heavy atom. The minimum atomic E-state index is 0.644. The number of para-hydroxylation sites is 1. The number of nitrogens with two attached hydrogens (primary N) is 1. The second-order valence-corrected chi connectivity index (χ2v) is 8.23. The van der Waals surface area contributed by atoms with E-state index in [9.17, 15) is 0 Å². The molecule has 7 heteroatoms. The Morgan fingerprint density at radius 3 is 2.90 bits per heavy atom. The minimum absolute atomic E-state index is 0.644. The van der Waals surface area contributed by atoms with Crippen LogP contribution in [0.1, 0.15) is 12.0 Å². The normalized spacial score (nSPS) is 13.2. The molecule has 31 heavy (non-hydrogen) atoms. The third-order valence-corrected chi connectivity index (χ3v) is 6.14. The number of aromatic nitrogens is 5. The first-order chi connectivity index (χ1) is 15.3. The van der Waals surface area contributed by atoms with Crippen molar-refractivity contribution in [3.63, 3.8) is 0 Å². The molecule has 0 saturated heterocycles. The van der Waals surface area contributed by atoms with E-state index in [0.717, 1.165) is 56.2 Å². The van der Waals surface area contributed by atoms with E-state index in [2.05, 4.69) is 67.4 Å². The summed E-state index contributed by atoms with van der Waals surface area (Å²) in [6.07, 6.45) is 10.7. The summed E-state index contributed by atoms with van der Waals surface area (Å²) in [5.41, 5.74) is 13.7. The predicted molar refractivity (Wildman–Crippen MR) is 126 cm³/mol. The van der Waals surface area contributed by atoms with Gasteiger partial charge in [-0.05, 0) is 52.6 Å². The number of thiophene rings is 1. The van der Waals surface area contributed by atoms with Gasteiger partial charge in [-0.25, -0.2) is 4.98 Å². The molecule has 0 atom stereocenters. The summed E-state index contributed by atoms with van der Waals surface area (Å²) in [5.74, 6) is 0.742. The number of benzene rings is 1. The highest BCUT2D eigenvalue weighted by atomic mass is 32.1. The maximum atomic E-state index is 5.95. The van der Waals surface area contributed by atoms with Crippen molar-refractivity contribution in [2.75, 3.05) is 5.73 Å². The smallest absolute Gasteiger partial charge is 0.159 e. The van der Waals surface area contributed by atoms with Crippen molar-refractivity contribution < 1.29 is 0 Å². The molecule has 0 bridgehead atoms. The van der Waals surface area contributed by atoms with Crippen LogP contribution in [0.5, 0.6) is 0 Å². The van der Waals surface area contributed by atoms with Gasteiger partial charge in [0.15, 0.2) is 5.82 Å². The highest BCUT2D eigenvalue weighted by Gasteiger charge is 2.15. The molecule has 6 nitrogen and oxygen atoms in total. The van der Waals surface area contributed by atoms with Crippen molar-refractivity contribution >= 4 is 45.8 Å². The molecule has 0 aliphatic heterocycles. The largest absolute Gasteiger partial charge is 0.397 e. The van der Waals surface area contributed by atoms with Crippen LogP contribution in [-0.4, -0.2) is 25.1 Å². The Hall–Kier alpha value is -3.97. The van der Waals surface area contributed by atoms with Gasteiger partial charge in [-0.2, -0.15) is 16.4 Å². The van der Waals surface area contributed by atoms with E-state index in [0.29, 0.717) is 5.69 Å². The number of imidazole rings is 1. The third-order valence-electron chi connectivity index (χ3n) is 5.45. The summed E-state index contributed by atoms with van der Waals surface area (Å²) >= 11 is 1.68. The quantitative estimate of drug-likeness (QED) is 0.413. The number of fused-ring (bicyclic) bond motifs is 2. The van der Waals surface area contributed by atoms with Gasteiger partial charge in [0.05, 0.1) is 22.1 Å².